The molecule has 6 heteroatoms. The molecule has 0 aliphatic rings. The van der Waals surface area contributed by atoms with Crippen LogP contribution in [0.15, 0.2) is 24.7 Å². The predicted molar refractivity (Wildman–Crippen MR) is 58.7 cm³/mol. The summed E-state index contributed by atoms with van der Waals surface area (Å²) in [7, 11) is 1.54. The first kappa shape index (κ1) is 10.2. The van der Waals surface area contributed by atoms with Gasteiger partial charge in [0.1, 0.15) is 11.4 Å². The second-order valence-electron chi connectivity index (χ2n) is 3.12. The molecule has 0 fully saturated rings. The third kappa shape index (κ3) is 1.85. The van der Waals surface area contributed by atoms with E-state index in [4.69, 9.17) is 4.74 Å². The third-order valence-electron chi connectivity index (χ3n) is 2.15. The van der Waals surface area contributed by atoms with Crippen LogP contribution in [0.25, 0.3) is 17.1 Å². The molecular weight excluding hydrogens is 210 g/mol. The zero-order valence-electron chi connectivity index (χ0n) is 8.51. The summed E-state index contributed by atoms with van der Waals surface area (Å²) < 4.78 is 5.04. The molecule has 6 nitrogen and oxygen atoms in total. The van der Waals surface area contributed by atoms with Crippen molar-refractivity contribution >= 4 is 17.1 Å². The lowest BCUT2D eigenvalue weighted by atomic mass is 10.2. The molecule has 2 heterocycles. The van der Waals surface area contributed by atoms with Crippen LogP contribution in [0.1, 0.15) is 5.56 Å². The quantitative estimate of drug-likeness (QED) is 0.630. The number of aromatic nitrogens is 2. The number of fused-ring (bicyclic) bond motifs is 1. The van der Waals surface area contributed by atoms with Gasteiger partial charge in [0.15, 0.2) is 0 Å². The maximum atomic E-state index is 10.2. The molecule has 0 saturated heterocycles. The fourth-order valence-corrected chi connectivity index (χ4v) is 1.40. The highest BCUT2D eigenvalue weighted by atomic mass is 16.6. The van der Waals surface area contributed by atoms with E-state index in [9.17, 15) is 10.1 Å². The van der Waals surface area contributed by atoms with Crippen LogP contribution >= 0.6 is 0 Å². The number of H-pyrrole nitrogens is 1. The van der Waals surface area contributed by atoms with E-state index in [-0.39, 0.29) is 0 Å². The molecule has 0 spiro atoms. The molecule has 0 aromatic carbocycles. The maximum absolute atomic E-state index is 10.2. The number of nitrogens with one attached hydrogen (secondary N) is 1. The van der Waals surface area contributed by atoms with Crippen LogP contribution in [-0.2, 0) is 0 Å². The SMILES string of the molecule is COc1cnc2[nH]cc(/C=C/[N+](=O)[O-])c2c1. The van der Waals surface area contributed by atoms with Crippen molar-refractivity contribution in [2.45, 2.75) is 0 Å². The highest BCUT2D eigenvalue weighted by molar-refractivity contribution is 5.86. The molecule has 0 unspecified atom stereocenters. The second kappa shape index (κ2) is 4.01. The minimum absolute atomic E-state index is 0.508. The number of nitrogens with zero attached hydrogens (tertiary/aromatic N) is 2. The second-order valence-corrected chi connectivity index (χ2v) is 3.12. The van der Waals surface area contributed by atoms with Gasteiger partial charge in [0.25, 0.3) is 0 Å². The Morgan fingerprint density at radius 2 is 2.44 bits per heavy atom. The predicted octanol–water partition coefficient (Wildman–Crippen LogP) is 1.82. The Bertz CT molecular complexity index is 559. The summed E-state index contributed by atoms with van der Waals surface area (Å²) in [5.41, 5.74) is 1.38. The normalized spacial score (nSPS) is 11.1. The van der Waals surface area contributed by atoms with Crippen LogP contribution < -0.4 is 4.74 Å². The van der Waals surface area contributed by atoms with Gasteiger partial charge < -0.3 is 9.72 Å². The summed E-state index contributed by atoms with van der Waals surface area (Å²) in [5, 5.41) is 11.0. The standard InChI is InChI=1S/C10H9N3O3/c1-16-8-4-9-7(2-3-13(14)15)5-11-10(9)12-6-8/h2-6H,1H3,(H,11,12)/b3-2+. The summed E-state index contributed by atoms with van der Waals surface area (Å²) >= 11 is 0. The van der Waals surface area contributed by atoms with Crippen molar-refractivity contribution in [1.29, 1.82) is 0 Å². The molecule has 2 rings (SSSR count). The molecule has 0 bridgehead atoms. The Balaban J connectivity index is 2.49. The Morgan fingerprint density at radius 3 is 3.12 bits per heavy atom. The van der Waals surface area contributed by atoms with Gasteiger partial charge >= 0.3 is 0 Å². The zero-order chi connectivity index (χ0) is 11.5. The van der Waals surface area contributed by atoms with Crippen LogP contribution in [0.3, 0.4) is 0 Å². The van der Waals surface area contributed by atoms with E-state index in [1.807, 2.05) is 0 Å². The first-order valence-electron chi connectivity index (χ1n) is 4.53. The van der Waals surface area contributed by atoms with Crippen LogP contribution in [0.2, 0.25) is 0 Å². The lowest BCUT2D eigenvalue weighted by Gasteiger charge is -1.98. The smallest absolute Gasteiger partial charge is 0.235 e. The summed E-state index contributed by atoms with van der Waals surface area (Å²) in [6, 6.07) is 1.78. The monoisotopic (exact) mass is 219 g/mol. The lowest BCUT2D eigenvalue weighted by molar-refractivity contribution is -0.400. The minimum Gasteiger partial charge on any atom is -0.495 e. The van der Waals surface area contributed by atoms with E-state index in [2.05, 4.69) is 9.97 Å². The molecule has 1 N–H and O–H groups in total. The zero-order valence-corrected chi connectivity index (χ0v) is 8.51. The van der Waals surface area contributed by atoms with Crippen LogP contribution in [-0.4, -0.2) is 22.0 Å². The van der Waals surface area contributed by atoms with Crippen molar-refractivity contribution in [3.8, 4) is 5.75 Å². The average Bonchev–Trinajstić information content (AvgIpc) is 2.68. The van der Waals surface area contributed by atoms with Gasteiger partial charge in [-0.2, -0.15) is 0 Å². The molecule has 0 saturated carbocycles. The van der Waals surface area contributed by atoms with Crippen molar-refractivity contribution in [1.82, 2.24) is 9.97 Å². The summed E-state index contributed by atoms with van der Waals surface area (Å²) in [6.45, 7) is 0. The molecule has 2 aromatic rings. The number of methoxy groups -OCH3 is 1. The molecule has 0 aliphatic carbocycles. The number of nitro groups is 1. The van der Waals surface area contributed by atoms with Crippen molar-refractivity contribution in [3.63, 3.8) is 0 Å². The Kier molecular flexibility index (Phi) is 2.55. The van der Waals surface area contributed by atoms with Crippen LogP contribution in [0.5, 0.6) is 5.75 Å². The van der Waals surface area contributed by atoms with E-state index in [1.165, 1.54) is 6.08 Å². The number of rotatable bonds is 3. The van der Waals surface area contributed by atoms with Gasteiger partial charge in [-0.3, -0.25) is 10.1 Å². The Hall–Kier alpha value is -2.37. The van der Waals surface area contributed by atoms with Crippen LogP contribution in [0, 0.1) is 10.1 Å². The number of ether oxygens (including phenoxy) is 1. The molecule has 0 aliphatic heterocycles. The van der Waals surface area contributed by atoms with E-state index >= 15 is 0 Å². The van der Waals surface area contributed by atoms with Gasteiger partial charge in [-0.25, -0.2) is 4.98 Å². The van der Waals surface area contributed by atoms with Gasteiger partial charge in [-0.15, -0.1) is 0 Å². The van der Waals surface area contributed by atoms with Gasteiger partial charge in [0.05, 0.1) is 18.2 Å². The first-order chi connectivity index (χ1) is 7.70. The Labute approximate surface area is 90.7 Å². The molecule has 2 aromatic heterocycles. The number of pyridine rings is 1. The van der Waals surface area contributed by atoms with Gasteiger partial charge in [0.2, 0.25) is 6.20 Å². The van der Waals surface area contributed by atoms with Crippen molar-refractivity contribution in [2.75, 3.05) is 7.11 Å². The van der Waals surface area contributed by atoms with Crippen LogP contribution in [0.4, 0.5) is 0 Å². The summed E-state index contributed by atoms with van der Waals surface area (Å²) in [5.74, 6) is 0.614. The van der Waals surface area contributed by atoms with E-state index in [1.54, 1.807) is 25.6 Å². The largest absolute Gasteiger partial charge is 0.495 e. The fraction of sp³-hybridized carbons (Fsp3) is 0.100. The molecule has 0 amide bonds. The van der Waals surface area contributed by atoms with Crippen molar-refractivity contribution in [3.05, 3.63) is 40.3 Å². The third-order valence-corrected chi connectivity index (χ3v) is 2.15. The number of aromatic amines is 1. The van der Waals surface area contributed by atoms with Gasteiger partial charge in [-0.1, -0.05) is 0 Å². The van der Waals surface area contributed by atoms with E-state index in [0.29, 0.717) is 17.0 Å². The van der Waals surface area contributed by atoms with E-state index < -0.39 is 4.92 Å². The number of hydrogen-bond acceptors (Lipinski definition) is 4. The molecular formula is C10H9N3O3. The van der Waals surface area contributed by atoms with Crippen molar-refractivity contribution in [2.24, 2.45) is 0 Å². The fourth-order valence-electron chi connectivity index (χ4n) is 1.40. The molecule has 16 heavy (non-hydrogen) atoms. The topological polar surface area (TPSA) is 81.0 Å². The maximum Gasteiger partial charge on any atom is 0.235 e. The van der Waals surface area contributed by atoms with Gasteiger partial charge in [-0.05, 0) is 6.07 Å². The van der Waals surface area contributed by atoms with E-state index in [0.717, 1.165) is 11.6 Å². The Morgan fingerprint density at radius 1 is 1.62 bits per heavy atom. The molecule has 0 atom stereocenters. The molecule has 0 radical (unpaired) electrons. The van der Waals surface area contributed by atoms with Gasteiger partial charge in [0, 0.05) is 23.2 Å². The molecule has 82 valence electrons. The first-order valence-corrected chi connectivity index (χ1v) is 4.53. The summed E-state index contributed by atoms with van der Waals surface area (Å²) in [4.78, 5) is 16.8. The minimum atomic E-state index is -0.508. The highest BCUT2D eigenvalue weighted by Crippen LogP contribution is 2.22. The van der Waals surface area contributed by atoms with Crippen molar-refractivity contribution < 1.29 is 9.66 Å². The average molecular weight is 219 g/mol. The summed E-state index contributed by atoms with van der Waals surface area (Å²) in [6.07, 6.45) is 5.55. The highest BCUT2D eigenvalue weighted by Gasteiger charge is 2.04. The number of hydrogen-bond donors (Lipinski definition) is 1. The lowest BCUT2D eigenvalue weighted by Crippen LogP contribution is -1.85.